The van der Waals surface area contributed by atoms with Crippen LogP contribution in [-0.2, 0) is 0 Å². The van der Waals surface area contributed by atoms with E-state index in [1.807, 2.05) is 18.2 Å². The van der Waals surface area contributed by atoms with E-state index in [2.05, 4.69) is 47.0 Å². The van der Waals surface area contributed by atoms with Crippen LogP contribution in [0.1, 0.15) is 43.8 Å². The van der Waals surface area contributed by atoms with Gasteiger partial charge in [0.1, 0.15) is 5.82 Å². The zero-order valence-corrected chi connectivity index (χ0v) is 13.7. The molecule has 0 amide bonds. The van der Waals surface area contributed by atoms with Crippen LogP contribution in [0.25, 0.3) is 11.4 Å². The van der Waals surface area contributed by atoms with Gasteiger partial charge in [0.05, 0.1) is 0 Å². The summed E-state index contributed by atoms with van der Waals surface area (Å²) < 4.78 is 2.06. The summed E-state index contributed by atoms with van der Waals surface area (Å²) in [5, 5.41) is 7.49. The molecule has 1 N–H and O–H groups in total. The van der Waals surface area contributed by atoms with Crippen LogP contribution in [0, 0.1) is 0 Å². The maximum Gasteiger partial charge on any atom is 0.181 e. The minimum atomic E-state index is 0.561. The summed E-state index contributed by atoms with van der Waals surface area (Å²) in [5.41, 5.74) is 1.03. The molecule has 5 heteroatoms. The Hall–Kier alpha value is -0.680. The van der Waals surface area contributed by atoms with Crippen molar-refractivity contribution < 1.29 is 0 Å². The molecule has 2 aromatic rings. The fourth-order valence-electron chi connectivity index (χ4n) is 2.64. The van der Waals surface area contributed by atoms with Gasteiger partial charge in [-0.1, -0.05) is 51.1 Å². The molecule has 1 fully saturated rings. The van der Waals surface area contributed by atoms with Crippen LogP contribution in [0.5, 0.6) is 0 Å². The molecule has 1 aromatic heterocycles. The van der Waals surface area contributed by atoms with Gasteiger partial charge in [-0.05, 0) is 31.0 Å². The maximum atomic E-state index is 4.68. The van der Waals surface area contributed by atoms with E-state index in [9.17, 15) is 0 Å². The highest BCUT2D eigenvalue weighted by Crippen LogP contribution is 2.32. The Bertz CT molecular complexity index is 554. The van der Waals surface area contributed by atoms with Crippen LogP contribution in [0.15, 0.2) is 27.1 Å². The molecule has 100 valence electrons. The van der Waals surface area contributed by atoms with Crippen molar-refractivity contribution >= 4 is 31.9 Å². The monoisotopic (exact) mass is 383 g/mol. The molecule has 0 radical (unpaired) electrons. The lowest BCUT2D eigenvalue weighted by Crippen LogP contribution is -2.06. The maximum absolute atomic E-state index is 4.68. The van der Waals surface area contributed by atoms with E-state index in [4.69, 9.17) is 0 Å². The number of rotatable bonds is 2. The second-order valence-corrected chi connectivity index (χ2v) is 6.87. The van der Waals surface area contributed by atoms with Crippen molar-refractivity contribution in [3.05, 3.63) is 33.0 Å². The van der Waals surface area contributed by atoms with Gasteiger partial charge in [-0.3, -0.25) is 5.10 Å². The summed E-state index contributed by atoms with van der Waals surface area (Å²) in [6.45, 7) is 0. The molecule has 3 nitrogen and oxygen atoms in total. The predicted molar refractivity (Wildman–Crippen MR) is 83.0 cm³/mol. The first-order valence-electron chi connectivity index (χ1n) is 6.61. The molecule has 1 aliphatic rings. The van der Waals surface area contributed by atoms with E-state index in [0.29, 0.717) is 5.92 Å². The Morgan fingerprint density at radius 3 is 2.37 bits per heavy atom. The third kappa shape index (κ3) is 3.08. The van der Waals surface area contributed by atoms with Gasteiger partial charge in [0.2, 0.25) is 0 Å². The van der Waals surface area contributed by atoms with Gasteiger partial charge >= 0.3 is 0 Å². The zero-order valence-electron chi connectivity index (χ0n) is 10.5. The van der Waals surface area contributed by atoms with Crippen molar-refractivity contribution in [2.75, 3.05) is 0 Å². The zero-order chi connectivity index (χ0) is 13.2. The first-order chi connectivity index (χ1) is 9.22. The quantitative estimate of drug-likeness (QED) is 0.787. The first kappa shape index (κ1) is 13.3. The van der Waals surface area contributed by atoms with Gasteiger partial charge in [0, 0.05) is 20.4 Å². The second-order valence-electron chi connectivity index (χ2n) is 5.04. The van der Waals surface area contributed by atoms with Crippen molar-refractivity contribution in [3.63, 3.8) is 0 Å². The molecule has 0 bridgehead atoms. The Morgan fingerprint density at radius 1 is 1.00 bits per heavy atom. The van der Waals surface area contributed by atoms with Crippen molar-refractivity contribution in [2.45, 2.75) is 38.0 Å². The van der Waals surface area contributed by atoms with Crippen LogP contribution < -0.4 is 0 Å². The lowest BCUT2D eigenvalue weighted by atomic mass is 9.89. The molecule has 0 saturated heterocycles. The molecule has 1 aliphatic carbocycles. The molecule has 3 rings (SSSR count). The molecule has 0 aliphatic heterocycles. The Balaban J connectivity index is 1.87. The number of H-pyrrole nitrogens is 1. The highest BCUT2D eigenvalue weighted by Gasteiger charge is 2.19. The SMILES string of the molecule is Brc1cc(Br)cc(-c2n[nH]c(C3CCCCC3)n2)c1. The second kappa shape index (κ2) is 5.75. The molecule has 1 aromatic carbocycles. The van der Waals surface area contributed by atoms with E-state index in [0.717, 1.165) is 26.2 Å². The Kier molecular flexibility index (Phi) is 4.03. The summed E-state index contributed by atoms with van der Waals surface area (Å²) in [7, 11) is 0. The Labute approximate surface area is 129 Å². The van der Waals surface area contributed by atoms with Crippen LogP contribution in [0.3, 0.4) is 0 Å². The summed E-state index contributed by atoms with van der Waals surface area (Å²) in [4.78, 5) is 4.68. The summed E-state index contributed by atoms with van der Waals surface area (Å²) in [5.74, 6) is 2.39. The molecule has 0 unspecified atom stereocenters. The molecular formula is C14H15Br2N3. The predicted octanol–water partition coefficient (Wildman–Crippen LogP) is 5.04. The van der Waals surface area contributed by atoms with Crippen LogP contribution in [0.2, 0.25) is 0 Å². The normalized spacial score (nSPS) is 16.7. The topological polar surface area (TPSA) is 41.6 Å². The van der Waals surface area contributed by atoms with Crippen LogP contribution in [-0.4, -0.2) is 15.2 Å². The first-order valence-corrected chi connectivity index (χ1v) is 8.20. The smallest absolute Gasteiger partial charge is 0.181 e. The third-order valence-corrected chi connectivity index (χ3v) is 4.53. The van der Waals surface area contributed by atoms with Gasteiger partial charge in [-0.25, -0.2) is 4.98 Å². The van der Waals surface area contributed by atoms with Crippen molar-refractivity contribution in [2.24, 2.45) is 0 Å². The number of nitrogens with one attached hydrogen (secondary N) is 1. The fraction of sp³-hybridized carbons (Fsp3) is 0.429. The fourth-order valence-corrected chi connectivity index (χ4v) is 3.94. The van der Waals surface area contributed by atoms with Crippen molar-refractivity contribution in [3.8, 4) is 11.4 Å². The van der Waals surface area contributed by atoms with E-state index in [1.165, 1.54) is 32.1 Å². The number of hydrogen-bond donors (Lipinski definition) is 1. The minimum Gasteiger partial charge on any atom is -0.262 e. The Morgan fingerprint density at radius 2 is 1.68 bits per heavy atom. The number of aromatic amines is 1. The summed E-state index contributed by atoms with van der Waals surface area (Å²) in [6, 6.07) is 6.09. The van der Waals surface area contributed by atoms with Gasteiger partial charge < -0.3 is 0 Å². The summed E-state index contributed by atoms with van der Waals surface area (Å²) in [6.07, 6.45) is 6.44. The van der Waals surface area contributed by atoms with Crippen LogP contribution >= 0.6 is 31.9 Å². The average molecular weight is 385 g/mol. The summed E-state index contributed by atoms with van der Waals surface area (Å²) >= 11 is 7.00. The van der Waals surface area contributed by atoms with Crippen LogP contribution in [0.4, 0.5) is 0 Å². The number of nitrogens with zero attached hydrogens (tertiary/aromatic N) is 2. The van der Waals surface area contributed by atoms with Crippen molar-refractivity contribution in [1.82, 2.24) is 15.2 Å². The number of benzene rings is 1. The molecule has 1 saturated carbocycles. The standard InChI is InChI=1S/C14H15Br2N3/c15-11-6-10(7-12(16)8-11)14-17-13(18-19-14)9-4-2-1-3-5-9/h6-9H,1-5H2,(H,17,18,19). The number of hydrogen-bond acceptors (Lipinski definition) is 2. The number of aromatic nitrogens is 3. The van der Waals surface area contributed by atoms with Crippen molar-refractivity contribution in [1.29, 1.82) is 0 Å². The van der Waals surface area contributed by atoms with E-state index >= 15 is 0 Å². The van der Waals surface area contributed by atoms with E-state index in [-0.39, 0.29) is 0 Å². The lowest BCUT2D eigenvalue weighted by Gasteiger charge is -2.18. The van der Waals surface area contributed by atoms with Gasteiger partial charge in [-0.2, -0.15) is 5.10 Å². The van der Waals surface area contributed by atoms with Gasteiger partial charge in [0.15, 0.2) is 5.82 Å². The number of halogens is 2. The molecular weight excluding hydrogens is 370 g/mol. The molecule has 0 spiro atoms. The average Bonchev–Trinajstić information content (AvgIpc) is 2.88. The molecule has 19 heavy (non-hydrogen) atoms. The van der Waals surface area contributed by atoms with Gasteiger partial charge in [0.25, 0.3) is 0 Å². The van der Waals surface area contributed by atoms with E-state index in [1.54, 1.807) is 0 Å². The minimum absolute atomic E-state index is 0.561. The molecule has 0 atom stereocenters. The highest BCUT2D eigenvalue weighted by atomic mass is 79.9. The van der Waals surface area contributed by atoms with Gasteiger partial charge in [-0.15, -0.1) is 0 Å². The third-order valence-electron chi connectivity index (χ3n) is 3.62. The lowest BCUT2D eigenvalue weighted by molar-refractivity contribution is 0.429. The molecule has 1 heterocycles. The van der Waals surface area contributed by atoms with E-state index < -0.39 is 0 Å². The highest BCUT2D eigenvalue weighted by molar-refractivity contribution is 9.11. The largest absolute Gasteiger partial charge is 0.262 e.